The summed E-state index contributed by atoms with van der Waals surface area (Å²) in [6, 6.07) is 11.3. The standard InChI is InChI=1S/C10H13N3O4.C8H7ClN2O3/c14-5-4-11-7-10(15)12-8-2-1-3-9(6-8)13(16)17;9-5-8(12)10-6-2-1-3-7(4-6)11(13)14/h1-3,6,11,14H,4-5,7H2,(H,12,15);1-4H,5H2,(H,10,12). The van der Waals surface area contributed by atoms with Gasteiger partial charge in [-0.1, -0.05) is 12.1 Å². The number of aliphatic hydroxyl groups excluding tert-OH is 1. The van der Waals surface area contributed by atoms with Gasteiger partial charge in [0.25, 0.3) is 11.4 Å². The highest BCUT2D eigenvalue weighted by atomic mass is 35.5. The molecule has 0 aromatic heterocycles. The molecule has 0 saturated heterocycles. The Morgan fingerprint density at radius 3 is 1.81 bits per heavy atom. The zero-order valence-electron chi connectivity index (χ0n) is 16.1. The van der Waals surface area contributed by atoms with E-state index in [9.17, 15) is 29.8 Å². The van der Waals surface area contributed by atoms with Crippen molar-refractivity contribution in [1.29, 1.82) is 0 Å². The van der Waals surface area contributed by atoms with E-state index in [4.69, 9.17) is 16.7 Å². The molecule has 0 unspecified atom stereocenters. The van der Waals surface area contributed by atoms with E-state index in [2.05, 4.69) is 16.0 Å². The molecule has 4 N–H and O–H groups in total. The lowest BCUT2D eigenvalue weighted by atomic mass is 10.3. The largest absolute Gasteiger partial charge is 0.395 e. The van der Waals surface area contributed by atoms with Crippen molar-refractivity contribution < 1.29 is 24.5 Å². The van der Waals surface area contributed by atoms with Crippen LogP contribution in [0.5, 0.6) is 0 Å². The Bertz CT molecular complexity index is 926. The maximum Gasteiger partial charge on any atom is 0.271 e. The van der Waals surface area contributed by atoms with Crippen LogP contribution < -0.4 is 16.0 Å². The fourth-order valence-corrected chi connectivity index (χ4v) is 2.14. The molecule has 31 heavy (non-hydrogen) atoms. The van der Waals surface area contributed by atoms with Crippen molar-refractivity contribution in [3.63, 3.8) is 0 Å². The molecule has 2 aromatic rings. The van der Waals surface area contributed by atoms with Crippen LogP contribution in [0.3, 0.4) is 0 Å². The zero-order chi connectivity index (χ0) is 23.2. The third-order valence-corrected chi connectivity index (χ3v) is 3.62. The molecule has 166 valence electrons. The smallest absolute Gasteiger partial charge is 0.271 e. The Morgan fingerprint density at radius 1 is 0.903 bits per heavy atom. The molecule has 0 aliphatic heterocycles. The van der Waals surface area contributed by atoms with Gasteiger partial charge < -0.3 is 21.1 Å². The number of benzene rings is 2. The van der Waals surface area contributed by atoms with Gasteiger partial charge in [0.05, 0.1) is 23.0 Å². The molecule has 0 heterocycles. The molecular formula is C18H20ClN5O7. The van der Waals surface area contributed by atoms with Crippen LogP contribution in [-0.2, 0) is 9.59 Å². The quantitative estimate of drug-likeness (QED) is 0.192. The Balaban J connectivity index is 0.000000316. The highest BCUT2D eigenvalue weighted by Gasteiger charge is 2.08. The Kier molecular flexibility index (Phi) is 11.1. The number of aliphatic hydroxyl groups is 1. The first-order chi connectivity index (χ1) is 14.8. The normalized spacial score (nSPS) is 9.74. The number of anilines is 2. The van der Waals surface area contributed by atoms with Crippen LogP contribution in [0, 0.1) is 20.2 Å². The first-order valence-corrected chi connectivity index (χ1v) is 9.26. The number of amides is 2. The molecular weight excluding hydrogens is 434 g/mol. The molecule has 0 aliphatic carbocycles. The summed E-state index contributed by atoms with van der Waals surface area (Å²) in [5, 5.41) is 37.0. The van der Waals surface area contributed by atoms with Gasteiger partial charge in [0.15, 0.2) is 0 Å². The molecule has 0 radical (unpaired) electrons. The van der Waals surface area contributed by atoms with Gasteiger partial charge in [0.1, 0.15) is 5.88 Å². The number of halogens is 1. The lowest BCUT2D eigenvalue weighted by Crippen LogP contribution is -2.29. The fraction of sp³-hybridized carbons (Fsp3) is 0.222. The maximum absolute atomic E-state index is 11.3. The highest BCUT2D eigenvalue weighted by Crippen LogP contribution is 2.17. The molecule has 0 bridgehead atoms. The van der Waals surface area contributed by atoms with Crippen molar-refractivity contribution in [3.05, 3.63) is 68.8 Å². The van der Waals surface area contributed by atoms with Crippen molar-refractivity contribution in [1.82, 2.24) is 5.32 Å². The van der Waals surface area contributed by atoms with E-state index in [1.54, 1.807) is 12.1 Å². The number of alkyl halides is 1. The van der Waals surface area contributed by atoms with Gasteiger partial charge in [-0.05, 0) is 12.1 Å². The van der Waals surface area contributed by atoms with E-state index in [0.717, 1.165) is 0 Å². The summed E-state index contributed by atoms with van der Waals surface area (Å²) < 4.78 is 0. The molecule has 13 heteroatoms. The molecule has 12 nitrogen and oxygen atoms in total. The summed E-state index contributed by atoms with van der Waals surface area (Å²) in [5.41, 5.74) is 0.586. The van der Waals surface area contributed by atoms with Crippen LogP contribution in [0.2, 0.25) is 0 Å². The lowest BCUT2D eigenvalue weighted by Gasteiger charge is -2.05. The fourth-order valence-electron chi connectivity index (χ4n) is 2.08. The van der Waals surface area contributed by atoms with Gasteiger partial charge in [-0.2, -0.15) is 0 Å². The second kappa shape index (κ2) is 13.6. The molecule has 0 fully saturated rings. The monoisotopic (exact) mass is 453 g/mol. The third kappa shape index (κ3) is 10.1. The Hall–Kier alpha value is -3.61. The van der Waals surface area contributed by atoms with E-state index >= 15 is 0 Å². The minimum Gasteiger partial charge on any atom is -0.395 e. The summed E-state index contributed by atoms with van der Waals surface area (Å²) in [6.45, 7) is 0.315. The van der Waals surface area contributed by atoms with Crippen LogP contribution >= 0.6 is 11.6 Å². The van der Waals surface area contributed by atoms with Gasteiger partial charge >= 0.3 is 0 Å². The van der Waals surface area contributed by atoms with Crippen molar-refractivity contribution in [2.45, 2.75) is 0 Å². The van der Waals surface area contributed by atoms with Gasteiger partial charge in [-0.15, -0.1) is 11.6 Å². The molecule has 0 aliphatic rings. The number of nitro benzene ring substituents is 2. The number of carbonyl (C=O) groups excluding carboxylic acids is 2. The second-order valence-electron chi connectivity index (χ2n) is 5.75. The Labute approximate surface area is 181 Å². The summed E-state index contributed by atoms with van der Waals surface area (Å²) in [4.78, 5) is 42.0. The number of nitro groups is 2. The zero-order valence-corrected chi connectivity index (χ0v) is 16.9. The second-order valence-corrected chi connectivity index (χ2v) is 6.01. The molecule has 0 spiro atoms. The molecule has 0 atom stereocenters. The van der Waals surface area contributed by atoms with Crippen LogP contribution in [0.1, 0.15) is 0 Å². The number of rotatable bonds is 9. The van der Waals surface area contributed by atoms with Crippen LogP contribution in [0.25, 0.3) is 0 Å². The molecule has 2 aromatic carbocycles. The summed E-state index contributed by atoms with van der Waals surface area (Å²) in [5.74, 6) is -0.894. The summed E-state index contributed by atoms with van der Waals surface area (Å²) in [7, 11) is 0. The number of carbonyl (C=O) groups is 2. The third-order valence-electron chi connectivity index (χ3n) is 3.38. The van der Waals surface area contributed by atoms with Crippen molar-refractivity contribution in [2.75, 3.05) is 36.2 Å². The number of hydrogen-bond acceptors (Lipinski definition) is 8. The maximum atomic E-state index is 11.3. The van der Waals surface area contributed by atoms with E-state index in [1.807, 2.05) is 0 Å². The van der Waals surface area contributed by atoms with E-state index in [0.29, 0.717) is 17.9 Å². The van der Waals surface area contributed by atoms with Crippen molar-refractivity contribution in [3.8, 4) is 0 Å². The Morgan fingerprint density at radius 2 is 1.39 bits per heavy atom. The predicted molar refractivity (Wildman–Crippen MR) is 114 cm³/mol. The van der Waals surface area contributed by atoms with Gasteiger partial charge in [-0.3, -0.25) is 29.8 Å². The topological polar surface area (TPSA) is 177 Å². The number of nitrogens with one attached hydrogen (secondary N) is 3. The number of nitrogens with zero attached hydrogens (tertiary/aromatic N) is 2. The van der Waals surface area contributed by atoms with Crippen LogP contribution in [-0.4, -0.2) is 52.3 Å². The van der Waals surface area contributed by atoms with E-state index in [1.165, 1.54) is 36.4 Å². The minimum absolute atomic E-state index is 0.0449. The van der Waals surface area contributed by atoms with Crippen molar-refractivity contribution >= 4 is 46.2 Å². The number of non-ortho nitro benzene ring substituents is 2. The van der Waals surface area contributed by atoms with Crippen LogP contribution in [0.15, 0.2) is 48.5 Å². The predicted octanol–water partition coefficient (Wildman–Crippen LogP) is 1.89. The highest BCUT2D eigenvalue weighted by molar-refractivity contribution is 6.29. The average Bonchev–Trinajstić information content (AvgIpc) is 2.74. The molecule has 2 rings (SSSR count). The summed E-state index contributed by atoms with van der Waals surface area (Å²) >= 11 is 5.26. The molecule has 0 saturated carbocycles. The summed E-state index contributed by atoms with van der Waals surface area (Å²) in [6.07, 6.45) is 0. The van der Waals surface area contributed by atoms with Gasteiger partial charge in [0, 0.05) is 42.2 Å². The first-order valence-electron chi connectivity index (χ1n) is 8.73. The number of hydrogen-bond donors (Lipinski definition) is 4. The van der Waals surface area contributed by atoms with Crippen LogP contribution in [0.4, 0.5) is 22.7 Å². The first kappa shape index (κ1) is 25.4. The van der Waals surface area contributed by atoms with Gasteiger partial charge in [-0.25, -0.2) is 0 Å². The molecule has 2 amide bonds. The van der Waals surface area contributed by atoms with Crippen molar-refractivity contribution in [2.24, 2.45) is 0 Å². The SMILES string of the molecule is O=C(CCl)Nc1cccc([N+](=O)[O-])c1.O=C(CNCCO)Nc1cccc([N+](=O)[O-])c1. The minimum atomic E-state index is -0.531. The van der Waals surface area contributed by atoms with Gasteiger partial charge in [0.2, 0.25) is 11.8 Å². The van der Waals surface area contributed by atoms with E-state index < -0.39 is 15.8 Å². The average molecular weight is 454 g/mol. The lowest BCUT2D eigenvalue weighted by molar-refractivity contribution is -0.385. The van der Waals surface area contributed by atoms with E-state index in [-0.39, 0.29) is 36.3 Å².